The Bertz CT molecular complexity index is 443. The highest BCUT2D eigenvalue weighted by atomic mass is 32.1. The van der Waals surface area contributed by atoms with Gasteiger partial charge in [-0.2, -0.15) is 0 Å². The molecule has 0 heterocycles. The summed E-state index contributed by atoms with van der Waals surface area (Å²) in [4.78, 5) is 0. The lowest BCUT2D eigenvalue weighted by molar-refractivity contribution is -0.0541. The Kier molecular flexibility index (Phi) is 3.81. The number of aryl methyl sites for hydroxylation is 1. The van der Waals surface area contributed by atoms with Gasteiger partial charge in [0.05, 0.1) is 0 Å². The molecule has 4 fully saturated rings. The van der Waals surface area contributed by atoms with Crippen molar-refractivity contribution in [2.24, 2.45) is 23.2 Å². The number of benzene rings is 1. The molecule has 0 saturated heterocycles. The monoisotopic (exact) mass is 299 g/mol. The molecule has 1 unspecified atom stereocenters. The molecule has 4 saturated carbocycles. The van der Waals surface area contributed by atoms with Crippen molar-refractivity contribution in [3.05, 3.63) is 35.9 Å². The molecule has 1 aromatic rings. The molecule has 0 spiro atoms. The van der Waals surface area contributed by atoms with E-state index in [-0.39, 0.29) is 0 Å². The largest absolute Gasteiger partial charge is 0.0898 e. The summed E-state index contributed by atoms with van der Waals surface area (Å²) in [5.74, 6) is 3.11. The number of rotatable bonds is 5. The molecule has 0 N–H and O–H groups in total. The van der Waals surface area contributed by atoms with E-state index in [1.165, 1.54) is 63.4 Å². The van der Waals surface area contributed by atoms with Crippen LogP contribution < -0.4 is 0 Å². The summed E-state index contributed by atoms with van der Waals surface area (Å²) in [6.07, 6.45) is 12.8. The normalized spacial score (nSPS) is 38.6. The lowest BCUT2D eigenvalue weighted by Gasteiger charge is -2.58. The van der Waals surface area contributed by atoms with Crippen LogP contribution in [0.3, 0.4) is 0 Å². The minimum absolute atomic E-state index is 0.537. The zero-order valence-electron chi connectivity index (χ0n) is 13.0. The predicted octanol–water partition coefficient (Wildman–Crippen LogP) is 5.79. The summed E-state index contributed by atoms with van der Waals surface area (Å²) < 4.78 is 0. The molecule has 1 heteroatoms. The second-order valence-electron chi connectivity index (χ2n) is 8.15. The van der Waals surface area contributed by atoms with E-state index in [0.717, 1.165) is 17.8 Å². The smallest absolute Gasteiger partial charge is 0.0208 e. The molecule has 0 amide bonds. The molecule has 4 aliphatic rings. The van der Waals surface area contributed by atoms with Crippen LogP contribution >= 0.6 is 12.6 Å². The van der Waals surface area contributed by atoms with Gasteiger partial charge < -0.3 is 0 Å². The van der Waals surface area contributed by atoms with E-state index in [1.807, 2.05) is 0 Å². The fourth-order valence-corrected chi connectivity index (χ4v) is 6.47. The van der Waals surface area contributed by atoms with Gasteiger partial charge in [-0.15, -0.1) is 0 Å². The van der Waals surface area contributed by atoms with Crippen molar-refractivity contribution >= 4 is 12.6 Å². The maximum Gasteiger partial charge on any atom is 0.0208 e. The Hall–Kier alpha value is -0.430. The average molecular weight is 300 g/mol. The van der Waals surface area contributed by atoms with Crippen molar-refractivity contribution in [2.45, 2.75) is 63.0 Å². The summed E-state index contributed by atoms with van der Waals surface area (Å²) in [6, 6.07) is 10.9. The average Bonchev–Trinajstić information content (AvgIpc) is 2.47. The molecule has 0 aliphatic heterocycles. The van der Waals surface area contributed by atoms with E-state index in [0.29, 0.717) is 10.7 Å². The summed E-state index contributed by atoms with van der Waals surface area (Å²) in [7, 11) is 0. The second kappa shape index (κ2) is 5.65. The Morgan fingerprint density at radius 2 is 1.52 bits per heavy atom. The van der Waals surface area contributed by atoms with Gasteiger partial charge in [-0.05, 0) is 86.5 Å². The van der Waals surface area contributed by atoms with Gasteiger partial charge in [-0.3, -0.25) is 0 Å². The third-order valence-electron chi connectivity index (χ3n) is 6.54. The van der Waals surface area contributed by atoms with Gasteiger partial charge in [0.2, 0.25) is 0 Å². The first kappa shape index (κ1) is 14.2. The molecule has 4 aliphatic carbocycles. The van der Waals surface area contributed by atoms with Crippen molar-refractivity contribution in [3.8, 4) is 0 Å². The molecule has 5 rings (SSSR count). The highest BCUT2D eigenvalue weighted by Crippen LogP contribution is 2.62. The van der Waals surface area contributed by atoms with Crippen LogP contribution in [-0.2, 0) is 6.42 Å². The van der Waals surface area contributed by atoms with Gasteiger partial charge >= 0.3 is 0 Å². The van der Waals surface area contributed by atoms with Crippen molar-refractivity contribution in [1.82, 2.24) is 0 Å². The molecule has 4 bridgehead atoms. The van der Waals surface area contributed by atoms with Gasteiger partial charge in [0.1, 0.15) is 0 Å². The van der Waals surface area contributed by atoms with Crippen LogP contribution in [0, 0.1) is 23.2 Å². The Balaban J connectivity index is 1.35. The first-order valence-corrected chi connectivity index (χ1v) is 9.40. The lowest BCUT2D eigenvalue weighted by atomic mass is 9.48. The molecule has 0 aromatic heterocycles. The van der Waals surface area contributed by atoms with Crippen LogP contribution in [0.2, 0.25) is 0 Å². The van der Waals surface area contributed by atoms with Gasteiger partial charge in [0.15, 0.2) is 0 Å². The highest BCUT2D eigenvalue weighted by Gasteiger charge is 2.53. The molecule has 1 radical (unpaired) electrons. The lowest BCUT2D eigenvalue weighted by Crippen LogP contribution is -2.50. The summed E-state index contributed by atoms with van der Waals surface area (Å²) >= 11 is 6.04. The van der Waals surface area contributed by atoms with Crippen molar-refractivity contribution in [1.29, 1.82) is 0 Å². The minimum Gasteiger partial charge on any atom is -0.0898 e. The van der Waals surface area contributed by atoms with Gasteiger partial charge in [-0.25, -0.2) is 0 Å². The van der Waals surface area contributed by atoms with Gasteiger partial charge in [0, 0.05) is 5.25 Å². The fraction of sp³-hybridized carbons (Fsp3) is 0.700. The first-order chi connectivity index (χ1) is 10.2. The first-order valence-electron chi connectivity index (χ1n) is 8.93. The van der Waals surface area contributed by atoms with Crippen molar-refractivity contribution < 1.29 is 0 Å². The molecule has 0 nitrogen and oxygen atoms in total. The van der Waals surface area contributed by atoms with Crippen molar-refractivity contribution in [3.63, 3.8) is 0 Å². The standard InChI is InChI=1S/C20H27S/c21-19(8-4-7-15-5-2-1-3-6-15)20-12-16-9-17(13-20)11-18(10-16)14-20/h1-3,5-6,16-19H,4,7-14H2. The summed E-state index contributed by atoms with van der Waals surface area (Å²) in [6.45, 7) is 0. The highest BCUT2D eigenvalue weighted by molar-refractivity contribution is 7.81. The van der Waals surface area contributed by atoms with Gasteiger partial charge in [0.25, 0.3) is 0 Å². The van der Waals surface area contributed by atoms with Gasteiger partial charge in [-0.1, -0.05) is 43.0 Å². The van der Waals surface area contributed by atoms with Crippen molar-refractivity contribution in [2.75, 3.05) is 0 Å². The number of hydrogen-bond donors (Lipinski definition) is 0. The Morgan fingerprint density at radius 3 is 2.10 bits per heavy atom. The SMILES string of the molecule is [S]C(CCCc1ccccc1)C12CC3CC(CC(C3)C1)C2. The summed E-state index contributed by atoms with van der Waals surface area (Å²) in [5, 5.41) is 0.537. The number of hydrogen-bond acceptors (Lipinski definition) is 0. The minimum atomic E-state index is 0.537. The third kappa shape index (κ3) is 2.79. The van der Waals surface area contributed by atoms with Crippen LogP contribution in [0.1, 0.15) is 56.9 Å². The maximum atomic E-state index is 6.04. The molecular formula is C20H27S. The molecule has 1 atom stereocenters. The van der Waals surface area contributed by atoms with E-state index in [9.17, 15) is 0 Å². The molecule has 1 aromatic carbocycles. The molecule has 21 heavy (non-hydrogen) atoms. The van der Waals surface area contributed by atoms with Crippen LogP contribution in [-0.4, -0.2) is 5.25 Å². The van der Waals surface area contributed by atoms with Crippen LogP contribution in [0.4, 0.5) is 0 Å². The van der Waals surface area contributed by atoms with Crippen LogP contribution in [0.25, 0.3) is 0 Å². The van der Waals surface area contributed by atoms with E-state index >= 15 is 0 Å². The predicted molar refractivity (Wildman–Crippen MR) is 91.4 cm³/mol. The maximum absolute atomic E-state index is 6.04. The van der Waals surface area contributed by atoms with E-state index in [1.54, 1.807) is 0 Å². The van der Waals surface area contributed by atoms with E-state index < -0.39 is 0 Å². The quantitative estimate of drug-likeness (QED) is 0.645. The Labute approximate surface area is 135 Å². The fourth-order valence-electron chi connectivity index (χ4n) is 6.01. The Morgan fingerprint density at radius 1 is 0.952 bits per heavy atom. The van der Waals surface area contributed by atoms with E-state index in [4.69, 9.17) is 12.6 Å². The van der Waals surface area contributed by atoms with Crippen LogP contribution in [0.5, 0.6) is 0 Å². The molecular weight excluding hydrogens is 272 g/mol. The third-order valence-corrected chi connectivity index (χ3v) is 7.28. The zero-order chi connectivity index (χ0) is 14.3. The van der Waals surface area contributed by atoms with Crippen LogP contribution in [0.15, 0.2) is 30.3 Å². The van der Waals surface area contributed by atoms with E-state index in [2.05, 4.69) is 30.3 Å². The second-order valence-corrected chi connectivity index (χ2v) is 8.72. The zero-order valence-corrected chi connectivity index (χ0v) is 13.8. The topological polar surface area (TPSA) is 0 Å². The molecule has 113 valence electrons. The summed E-state index contributed by atoms with van der Waals surface area (Å²) in [5.41, 5.74) is 2.05.